The third-order valence-corrected chi connectivity index (χ3v) is 2.81. The molecule has 5 heteroatoms. The van der Waals surface area contributed by atoms with Crippen LogP contribution < -0.4 is 5.73 Å². The minimum Gasteiger partial charge on any atom is -0.339 e. The first-order valence-corrected chi connectivity index (χ1v) is 5.92. The van der Waals surface area contributed by atoms with Gasteiger partial charge in [-0.3, -0.25) is 0 Å². The van der Waals surface area contributed by atoms with Crippen molar-refractivity contribution in [3.8, 4) is 0 Å². The van der Waals surface area contributed by atoms with Gasteiger partial charge < -0.3 is 10.3 Å². The van der Waals surface area contributed by atoms with Crippen LogP contribution in [0.25, 0.3) is 0 Å². The Morgan fingerprint density at radius 3 is 2.88 bits per heavy atom. The van der Waals surface area contributed by atoms with Gasteiger partial charge in [0.1, 0.15) is 0 Å². The highest BCUT2D eigenvalue weighted by atomic mass is 35.5. The summed E-state index contributed by atoms with van der Waals surface area (Å²) in [6, 6.07) is 6.95. The monoisotopic (exact) mass is 251 g/mol. The molecule has 4 nitrogen and oxygen atoms in total. The van der Waals surface area contributed by atoms with Crippen molar-refractivity contribution in [2.45, 2.75) is 25.8 Å². The van der Waals surface area contributed by atoms with Gasteiger partial charge in [-0.05, 0) is 18.1 Å². The highest BCUT2D eigenvalue weighted by molar-refractivity contribution is 6.31. The molecule has 2 N–H and O–H groups in total. The van der Waals surface area contributed by atoms with Crippen molar-refractivity contribution < 1.29 is 4.52 Å². The van der Waals surface area contributed by atoms with Crippen molar-refractivity contribution >= 4 is 11.6 Å². The Morgan fingerprint density at radius 1 is 1.41 bits per heavy atom. The molecule has 0 fully saturated rings. The molecule has 1 aromatic heterocycles. The minimum absolute atomic E-state index is 0.446. The van der Waals surface area contributed by atoms with Crippen LogP contribution in [0.2, 0.25) is 5.02 Å². The van der Waals surface area contributed by atoms with Gasteiger partial charge in [-0.15, -0.1) is 0 Å². The molecule has 0 bridgehead atoms. The Kier molecular flexibility index (Phi) is 3.76. The number of nitrogens with two attached hydrogens (primary N) is 1. The molecule has 0 spiro atoms. The van der Waals surface area contributed by atoms with Gasteiger partial charge in [-0.25, -0.2) is 0 Å². The van der Waals surface area contributed by atoms with Crippen molar-refractivity contribution in [2.24, 2.45) is 5.73 Å². The number of rotatable bonds is 4. The van der Waals surface area contributed by atoms with E-state index in [1.165, 1.54) is 0 Å². The Morgan fingerprint density at radius 2 is 2.18 bits per heavy atom. The van der Waals surface area contributed by atoms with Gasteiger partial charge in [0, 0.05) is 11.4 Å². The minimum atomic E-state index is -0.446. The Labute approximate surface area is 105 Å². The first-order valence-electron chi connectivity index (χ1n) is 5.55. The summed E-state index contributed by atoms with van der Waals surface area (Å²) in [5.74, 6) is 1.09. The Hall–Kier alpha value is -1.39. The average molecular weight is 252 g/mol. The van der Waals surface area contributed by atoms with Crippen LogP contribution in [0.15, 0.2) is 28.8 Å². The molecule has 0 aliphatic carbocycles. The van der Waals surface area contributed by atoms with Gasteiger partial charge in [0.15, 0.2) is 5.82 Å². The van der Waals surface area contributed by atoms with E-state index in [4.69, 9.17) is 21.9 Å². The van der Waals surface area contributed by atoms with Gasteiger partial charge in [0.05, 0.1) is 6.04 Å². The number of aromatic nitrogens is 2. The lowest BCUT2D eigenvalue weighted by Gasteiger charge is -2.08. The SMILES string of the molecule is CCCc1nc(C(N)c2ccccc2Cl)no1. The van der Waals surface area contributed by atoms with E-state index in [9.17, 15) is 0 Å². The fourth-order valence-corrected chi connectivity index (χ4v) is 1.83. The molecule has 0 saturated heterocycles. The van der Waals surface area contributed by atoms with Crippen molar-refractivity contribution in [2.75, 3.05) is 0 Å². The maximum Gasteiger partial charge on any atom is 0.226 e. The zero-order valence-electron chi connectivity index (χ0n) is 9.56. The number of hydrogen-bond donors (Lipinski definition) is 1. The van der Waals surface area contributed by atoms with Crippen LogP contribution in [0, 0.1) is 0 Å². The third kappa shape index (κ3) is 2.65. The van der Waals surface area contributed by atoms with Gasteiger partial charge in [0.25, 0.3) is 0 Å². The number of halogens is 1. The lowest BCUT2D eigenvalue weighted by molar-refractivity contribution is 0.370. The second-order valence-electron chi connectivity index (χ2n) is 3.80. The van der Waals surface area contributed by atoms with Crippen LogP contribution in [0.1, 0.15) is 36.7 Å². The standard InChI is InChI=1S/C12H14ClN3O/c1-2-5-10-15-12(16-17-10)11(14)8-6-3-4-7-9(8)13/h3-4,6-7,11H,2,5,14H2,1H3. The molecule has 1 heterocycles. The van der Waals surface area contributed by atoms with Crippen molar-refractivity contribution in [1.29, 1.82) is 0 Å². The topological polar surface area (TPSA) is 64.9 Å². The molecule has 2 rings (SSSR count). The molecule has 1 atom stereocenters. The van der Waals surface area contributed by atoms with Crippen LogP contribution >= 0.6 is 11.6 Å². The van der Waals surface area contributed by atoms with Crippen molar-refractivity contribution in [3.05, 3.63) is 46.6 Å². The fourth-order valence-electron chi connectivity index (χ4n) is 1.58. The number of benzene rings is 1. The van der Waals surface area contributed by atoms with E-state index < -0.39 is 6.04 Å². The molecule has 0 radical (unpaired) electrons. The lowest BCUT2D eigenvalue weighted by Crippen LogP contribution is -2.14. The van der Waals surface area contributed by atoms with Crippen LogP contribution in [-0.4, -0.2) is 10.1 Å². The van der Waals surface area contributed by atoms with E-state index in [0.29, 0.717) is 16.7 Å². The molecule has 0 aliphatic heterocycles. The number of aryl methyl sites for hydroxylation is 1. The molecule has 1 unspecified atom stereocenters. The molecule has 0 aliphatic rings. The summed E-state index contributed by atoms with van der Waals surface area (Å²) in [4.78, 5) is 4.26. The quantitative estimate of drug-likeness (QED) is 0.907. The zero-order valence-corrected chi connectivity index (χ0v) is 10.3. The van der Waals surface area contributed by atoms with E-state index in [0.717, 1.165) is 18.4 Å². The predicted molar refractivity (Wildman–Crippen MR) is 65.8 cm³/mol. The molecule has 17 heavy (non-hydrogen) atoms. The van der Waals surface area contributed by atoms with Crippen molar-refractivity contribution in [3.63, 3.8) is 0 Å². The summed E-state index contributed by atoms with van der Waals surface area (Å²) in [5.41, 5.74) is 6.86. The summed E-state index contributed by atoms with van der Waals surface area (Å²) in [7, 11) is 0. The van der Waals surface area contributed by atoms with E-state index in [1.54, 1.807) is 6.07 Å². The molecular formula is C12H14ClN3O. The van der Waals surface area contributed by atoms with Gasteiger partial charge in [-0.2, -0.15) is 4.98 Å². The van der Waals surface area contributed by atoms with Crippen LogP contribution in [-0.2, 0) is 6.42 Å². The van der Waals surface area contributed by atoms with Gasteiger partial charge in [-0.1, -0.05) is 41.9 Å². The average Bonchev–Trinajstić information content (AvgIpc) is 2.78. The zero-order chi connectivity index (χ0) is 12.3. The summed E-state index contributed by atoms with van der Waals surface area (Å²) in [6.45, 7) is 2.05. The first-order chi connectivity index (χ1) is 8.22. The van der Waals surface area contributed by atoms with Crippen LogP contribution in [0.5, 0.6) is 0 Å². The van der Waals surface area contributed by atoms with E-state index in [-0.39, 0.29) is 0 Å². The van der Waals surface area contributed by atoms with E-state index in [2.05, 4.69) is 17.1 Å². The maximum absolute atomic E-state index is 6.07. The highest BCUT2D eigenvalue weighted by Gasteiger charge is 2.17. The maximum atomic E-state index is 6.07. The second kappa shape index (κ2) is 5.29. The smallest absolute Gasteiger partial charge is 0.226 e. The summed E-state index contributed by atoms with van der Waals surface area (Å²) in [6.07, 6.45) is 1.73. The van der Waals surface area contributed by atoms with Crippen molar-refractivity contribution in [1.82, 2.24) is 10.1 Å². The summed E-state index contributed by atoms with van der Waals surface area (Å²) >= 11 is 6.07. The molecule has 0 saturated carbocycles. The first kappa shape index (κ1) is 12.1. The van der Waals surface area contributed by atoms with Gasteiger partial charge in [0.2, 0.25) is 5.89 Å². The largest absolute Gasteiger partial charge is 0.339 e. The third-order valence-electron chi connectivity index (χ3n) is 2.47. The van der Waals surface area contributed by atoms with E-state index >= 15 is 0 Å². The Bertz CT molecular complexity index is 498. The fraction of sp³-hybridized carbons (Fsp3) is 0.333. The second-order valence-corrected chi connectivity index (χ2v) is 4.20. The molecule has 90 valence electrons. The normalized spacial score (nSPS) is 12.6. The Balaban J connectivity index is 2.24. The van der Waals surface area contributed by atoms with E-state index in [1.807, 2.05) is 18.2 Å². The van der Waals surface area contributed by atoms with Gasteiger partial charge >= 0.3 is 0 Å². The number of nitrogens with zero attached hydrogens (tertiary/aromatic N) is 2. The molecule has 0 amide bonds. The van der Waals surface area contributed by atoms with Crippen LogP contribution in [0.4, 0.5) is 0 Å². The predicted octanol–water partition coefficient (Wildman–Crippen LogP) is 2.72. The molecule has 2 aromatic rings. The highest BCUT2D eigenvalue weighted by Crippen LogP contribution is 2.24. The summed E-state index contributed by atoms with van der Waals surface area (Å²) in [5, 5.41) is 4.50. The van der Waals surface area contributed by atoms with Crippen LogP contribution in [0.3, 0.4) is 0 Å². The summed E-state index contributed by atoms with van der Waals surface area (Å²) < 4.78 is 5.10. The molecule has 1 aromatic carbocycles. The lowest BCUT2D eigenvalue weighted by atomic mass is 10.1. The molecular weight excluding hydrogens is 238 g/mol. The number of hydrogen-bond acceptors (Lipinski definition) is 4.